The monoisotopic (exact) mass is 231 g/mol. The molecule has 2 aromatic rings. The van der Waals surface area contributed by atoms with Crippen molar-refractivity contribution in [2.75, 3.05) is 12.3 Å². The molecule has 4 nitrogen and oxygen atoms in total. The van der Waals surface area contributed by atoms with E-state index in [0.29, 0.717) is 12.3 Å². The third-order valence-corrected chi connectivity index (χ3v) is 2.44. The van der Waals surface area contributed by atoms with Gasteiger partial charge in [0.1, 0.15) is 5.75 Å². The molecular weight excluding hydrogens is 214 g/mol. The van der Waals surface area contributed by atoms with Crippen molar-refractivity contribution in [1.82, 2.24) is 9.78 Å². The van der Waals surface area contributed by atoms with E-state index < -0.39 is 0 Å². The third kappa shape index (κ3) is 3.52. The second kappa shape index (κ2) is 5.39. The third-order valence-electron chi connectivity index (χ3n) is 2.44. The summed E-state index contributed by atoms with van der Waals surface area (Å²) in [7, 11) is 0. The van der Waals surface area contributed by atoms with Crippen molar-refractivity contribution in [2.45, 2.75) is 19.9 Å². The number of anilines is 1. The maximum absolute atomic E-state index is 5.64. The summed E-state index contributed by atoms with van der Waals surface area (Å²) in [4.78, 5) is 0. The van der Waals surface area contributed by atoms with Crippen molar-refractivity contribution in [2.24, 2.45) is 0 Å². The fourth-order valence-electron chi connectivity index (χ4n) is 1.62. The van der Waals surface area contributed by atoms with Crippen LogP contribution < -0.4 is 10.5 Å². The van der Waals surface area contributed by atoms with E-state index in [0.717, 1.165) is 18.7 Å². The zero-order chi connectivity index (χ0) is 12.1. The fraction of sp³-hybridized carbons (Fsp3) is 0.308. The molecule has 0 amide bonds. The Hall–Kier alpha value is -1.97. The zero-order valence-electron chi connectivity index (χ0n) is 9.97. The summed E-state index contributed by atoms with van der Waals surface area (Å²) in [6, 6.07) is 8.06. The number of nitrogens with zero attached hydrogens (tertiary/aromatic N) is 2. The topological polar surface area (TPSA) is 53.1 Å². The van der Waals surface area contributed by atoms with Crippen molar-refractivity contribution in [3.63, 3.8) is 0 Å². The highest BCUT2D eigenvalue weighted by molar-refractivity contribution is 5.30. The highest BCUT2D eigenvalue weighted by atomic mass is 16.5. The van der Waals surface area contributed by atoms with Gasteiger partial charge in [-0.1, -0.05) is 12.1 Å². The Morgan fingerprint density at radius 1 is 1.41 bits per heavy atom. The van der Waals surface area contributed by atoms with Gasteiger partial charge in [0, 0.05) is 19.2 Å². The number of ether oxygens (including phenoxy) is 1. The summed E-state index contributed by atoms with van der Waals surface area (Å²) in [6.45, 7) is 3.56. The number of aryl methyl sites for hydroxylation is 2. The van der Waals surface area contributed by atoms with Gasteiger partial charge in [-0.15, -0.1) is 0 Å². The molecule has 2 N–H and O–H groups in total. The Morgan fingerprint density at radius 2 is 2.29 bits per heavy atom. The summed E-state index contributed by atoms with van der Waals surface area (Å²) in [5.74, 6) is 0.921. The van der Waals surface area contributed by atoms with E-state index >= 15 is 0 Å². The molecule has 0 atom stereocenters. The van der Waals surface area contributed by atoms with E-state index in [1.165, 1.54) is 5.56 Å². The second-order valence-corrected chi connectivity index (χ2v) is 4.06. The van der Waals surface area contributed by atoms with E-state index in [1.807, 2.05) is 29.1 Å². The summed E-state index contributed by atoms with van der Waals surface area (Å²) in [6.07, 6.45) is 4.39. The molecule has 4 heteroatoms. The van der Waals surface area contributed by atoms with E-state index in [2.05, 4.69) is 18.1 Å². The Kier molecular flexibility index (Phi) is 3.65. The van der Waals surface area contributed by atoms with Crippen LogP contribution in [0.25, 0.3) is 0 Å². The molecule has 1 aromatic carbocycles. The minimum Gasteiger partial charge on any atom is -0.494 e. The van der Waals surface area contributed by atoms with Crippen LogP contribution in [-0.4, -0.2) is 16.4 Å². The number of aromatic nitrogens is 2. The molecular formula is C13H17N3O. The molecule has 0 aliphatic carbocycles. The van der Waals surface area contributed by atoms with E-state index in [9.17, 15) is 0 Å². The van der Waals surface area contributed by atoms with Crippen molar-refractivity contribution < 1.29 is 4.74 Å². The second-order valence-electron chi connectivity index (χ2n) is 4.06. The van der Waals surface area contributed by atoms with Gasteiger partial charge in [0.25, 0.3) is 0 Å². The van der Waals surface area contributed by atoms with Crippen molar-refractivity contribution >= 4 is 5.69 Å². The molecule has 0 radical (unpaired) electrons. The Bertz CT molecular complexity index is 479. The minimum absolute atomic E-state index is 0.684. The van der Waals surface area contributed by atoms with Crippen molar-refractivity contribution in [1.29, 1.82) is 0 Å². The van der Waals surface area contributed by atoms with Crippen LogP contribution in [0.1, 0.15) is 12.0 Å². The number of rotatable bonds is 5. The van der Waals surface area contributed by atoms with Crippen LogP contribution in [0.4, 0.5) is 5.69 Å². The molecule has 0 unspecified atom stereocenters. The molecule has 1 heterocycles. The first kappa shape index (κ1) is 11.5. The number of benzene rings is 1. The number of hydrogen-bond acceptors (Lipinski definition) is 3. The van der Waals surface area contributed by atoms with Crippen LogP contribution in [-0.2, 0) is 6.54 Å². The maximum atomic E-state index is 5.64. The molecule has 0 aliphatic rings. The van der Waals surface area contributed by atoms with Gasteiger partial charge in [0.2, 0.25) is 0 Å². The van der Waals surface area contributed by atoms with Crippen LogP contribution in [0.15, 0.2) is 36.7 Å². The van der Waals surface area contributed by atoms with Gasteiger partial charge in [-0.2, -0.15) is 5.10 Å². The van der Waals surface area contributed by atoms with E-state index in [-0.39, 0.29) is 0 Å². The average Bonchev–Trinajstić information content (AvgIpc) is 2.71. The van der Waals surface area contributed by atoms with Gasteiger partial charge in [-0.3, -0.25) is 4.68 Å². The predicted molar refractivity (Wildman–Crippen MR) is 67.9 cm³/mol. The Balaban J connectivity index is 1.73. The highest BCUT2D eigenvalue weighted by Gasteiger charge is 1.96. The number of nitrogen functional groups attached to an aromatic ring is 1. The molecule has 0 saturated carbocycles. The molecule has 17 heavy (non-hydrogen) atoms. The predicted octanol–water partition coefficient (Wildman–Crippen LogP) is 2.24. The summed E-state index contributed by atoms with van der Waals surface area (Å²) >= 11 is 0. The van der Waals surface area contributed by atoms with Gasteiger partial charge < -0.3 is 10.5 Å². The van der Waals surface area contributed by atoms with Crippen LogP contribution in [0.3, 0.4) is 0 Å². The quantitative estimate of drug-likeness (QED) is 0.803. The summed E-state index contributed by atoms with van der Waals surface area (Å²) < 4.78 is 7.47. The first-order valence-electron chi connectivity index (χ1n) is 5.71. The minimum atomic E-state index is 0.684. The lowest BCUT2D eigenvalue weighted by Crippen LogP contribution is -2.04. The zero-order valence-corrected chi connectivity index (χ0v) is 9.97. The Labute approximate surface area is 101 Å². The van der Waals surface area contributed by atoms with Gasteiger partial charge in [0.05, 0.1) is 18.5 Å². The lowest BCUT2D eigenvalue weighted by molar-refractivity contribution is 0.298. The first-order chi connectivity index (χ1) is 8.24. The standard InChI is InChI=1S/C13H17N3O/c1-11-4-2-5-13(8-11)17-7-3-6-16-10-12(14)9-15-16/h2,4-5,8-10H,3,6-7,14H2,1H3. The van der Waals surface area contributed by atoms with Gasteiger partial charge in [-0.25, -0.2) is 0 Å². The summed E-state index contributed by atoms with van der Waals surface area (Å²) in [5.41, 5.74) is 7.49. The van der Waals surface area contributed by atoms with E-state index in [4.69, 9.17) is 10.5 Å². The van der Waals surface area contributed by atoms with Gasteiger partial charge >= 0.3 is 0 Å². The molecule has 90 valence electrons. The van der Waals surface area contributed by atoms with Gasteiger partial charge in [0.15, 0.2) is 0 Å². The molecule has 0 bridgehead atoms. The smallest absolute Gasteiger partial charge is 0.119 e. The van der Waals surface area contributed by atoms with Crippen LogP contribution in [0, 0.1) is 6.92 Å². The molecule has 0 aliphatic heterocycles. The normalized spacial score (nSPS) is 10.4. The molecule has 0 spiro atoms. The van der Waals surface area contributed by atoms with Gasteiger partial charge in [-0.05, 0) is 24.6 Å². The Morgan fingerprint density at radius 3 is 3.00 bits per heavy atom. The number of nitrogens with two attached hydrogens (primary N) is 1. The van der Waals surface area contributed by atoms with Crippen LogP contribution in [0.5, 0.6) is 5.75 Å². The lowest BCUT2D eigenvalue weighted by atomic mass is 10.2. The SMILES string of the molecule is Cc1cccc(OCCCn2cc(N)cn2)c1. The average molecular weight is 231 g/mol. The first-order valence-corrected chi connectivity index (χ1v) is 5.71. The summed E-state index contributed by atoms with van der Waals surface area (Å²) in [5, 5.41) is 4.11. The lowest BCUT2D eigenvalue weighted by Gasteiger charge is -2.06. The van der Waals surface area contributed by atoms with Crippen molar-refractivity contribution in [3.05, 3.63) is 42.2 Å². The molecule has 2 rings (SSSR count). The largest absolute Gasteiger partial charge is 0.494 e. The molecule has 0 saturated heterocycles. The maximum Gasteiger partial charge on any atom is 0.119 e. The van der Waals surface area contributed by atoms with Crippen LogP contribution >= 0.6 is 0 Å². The molecule has 1 aromatic heterocycles. The number of hydrogen-bond donors (Lipinski definition) is 1. The van der Waals surface area contributed by atoms with Crippen LogP contribution in [0.2, 0.25) is 0 Å². The van der Waals surface area contributed by atoms with E-state index in [1.54, 1.807) is 6.20 Å². The fourth-order valence-corrected chi connectivity index (χ4v) is 1.62. The molecule has 0 fully saturated rings. The highest BCUT2D eigenvalue weighted by Crippen LogP contribution is 2.12. The van der Waals surface area contributed by atoms with Crippen molar-refractivity contribution in [3.8, 4) is 5.75 Å².